The van der Waals surface area contributed by atoms with Crippen LogP contribution in [0.15, 0.2) is 40.9 Å². The first kappa shape index (κ1) is 26.3. The molecule has 2 aliphatic heterocycles. The fourth-order valence-electron chi connectivity index (χ4n) is 6.40. The number of aryl methyl sites for hydroxylation is 2. The van der Waals surface area contributed by atoms with Crippen molar-refractivity contribution in [2.75, 3.05) is 18.0 Å². The van der Waals surface area contributed by atoms with Crippen LogP contribution >= 0.6 is 0 Å². The third-order valence-electron chi connectivity index (χ3n) is 8.53. The van der Waals surface area contributed by atoms with Gasteiger partial charge in [-0.1, -0.05) is 11.2 Å². The molecule has 0 bridgehead atoms. The van der Waals surface area contributed by atoms with Gasteiger partial charge >= 0.3 is 0 Å². The van der Waals surface area contributed by atoms with Crippen molar-refractivity contribution in [3.8, 4) is 11.1 Å². The van der Waals surface area contributed by atoms with Crippen LogP contribution in [0.5, 0.6) is 0 Å². The molecule has 2 atom stereocenters. The summed E-state index contributed by atoms with van der Waals surface area (Å²) in [4.78, 5) is 19.6. The Morgan fingerprint density at radius 2 is 1.80 bits per heavy atom. The first-order valence-electron chi connectivity index (χ1n) is 13.8. The monoisotopic (exact) mass is 581 g/mol. The zero-order valence-corrected chi connectivity index (χ0v) is 23.5. The molecule has 12 heteroatoms. The van der Waals surface area contributed by atoms with E-state index in [0.717, 1.165) is 34.5 Å². The number of carbonyl (C=O) groups is 1. The maximum atomic E-state index is 14.2. The zero-order chi connectivity index (χ0) is 28.6. The minimum Gasteiger partial charge on any atom is -0.361 e. The summed E-state index contributed by atoms with van der Waals surface area (Å²) in [7, 11) is -3.35. The highest BCUT2D eigenvalue weighted by Gasteiger charge is 2.44. The molecule has 2 unspecified atom stereocenters. The number of amides is 1. The summed E-state index contributed by atoms with van der Waals surface area (Å²) in [6.07, 6.45) is 2.65. The number of anilines is 1. The summed E-state index contributed by atoms with van der Waals surface area (Å²) >= 11 is 0. The second kappa shape index (κ2) is 9.45. The molecule has 1 saturated carbocycles. The predicted octanol–water partition coefficient (Wildman–Crippen LogP) is 5.19. The van der Waals surface area contributed by atoms with Gasteiger partial charge in [-0.2, -0.15) is 4.31 Å². The highest BCUT2D eigenvalue weighted by molar-refractivity contribution is 7.90. The molecule has 2 saturated heterocycles. The number of carbonyl (C=O) groups excluding carboxylic acids is 1. The number of imidazole rings is 1. The lowest BCUT2D eigenvalue weighted by Crippen LogP contribution is -2.33. The molecule has 4 heterocycles. The van der Waals surface area contributed by atoms with E-state index >= 15 is 0 Å². The molecule has 3 fully saturated rings. The topological polar surface area (TPSA) is 102 Å². The predicted molar refractivity (Wildman–Crippen MR) is 148 cm³/mol. The van der Waals surface area contributed by atoms with E-state index in [2.05, 4.69) is 9.72 Å². The van der Waals surface area contributed by atoms with Gasteiger partial charge < -0.3 is 14.0 Å². The van der Waals surface area contributed by atoms with Gasteiger partial charge in [-0.15, -0.1) is 0 Å². The summed E-state index contributed by atoms with van der Waals surface area (Å²) in [5.41, 5.74) is 4.28. The van der Waals surface area contributed by atoms with Crippen molar-refractivity contribution in [2.45, 2.75) is 63.3 Å². The van der Waals surface area contributed by atoms with E-state index < -0.39 is 27.7 Å². The number of rotatable bonds is 6. The number of fused-ring (bicyclic) bond motifs is 1. The number of hydrogen-bond acceptors (Lipinski definition) is 6. The van der Waals surface area contributed by atoms with Crippen LogP contribution in [0.25, 0.3) is 22.2 Å². The Bertz CT molecular complexity index is 1790. The van der Waals surface area contributed by atoms with Gasteiger partial charge in [0.15, 0.2) is 11.6 Å². The molecule has 4 aromatic rings. The van der Waals surface area contributed by atoms with Crippen molar-refractivity contribution in [2.24, 2.45) is 0 Å². The highest BCUT2D eigenvalue weighted by atomic mass is 32.2. The third kappa shape index (κ3) is 4.26. The number of sulfonamides is 1. The fourth-order valence-corrected chi connectivity index (χ4v) is 8.30. The SMILES string of the molecule is Cc1noc(C)c1-c1ccc2c(c1)nc(C1CCC(=O)N1c1ccc(F)c(F)c1)n2C1CCN(S(=O)(=O)C2CC2)C1. The van der Waals surface area contributed by atoms with Crippen LogP contribution in [0.2, 0.25) is 0 Å². The van der Waals surface area contributed by atoms with Gasteiger partial charge in [0, 0.05) is 36.8 Å². The van der Waals surface area contributed by atoms with Crippen LogP contribution in [-0.4, -0.2) is 51.7 Å². The van der Waals surface area contributed by atoms with Gasteiger partial charge in [0.05, 0.1) is 34.1 Å². The third-order valence-corrected chi connectivity index (χ3v) is 10.9. The van der Waals surface area contributed by atoms with Crippen molar-refractivity contribution >= 4 is 32.7 Å². The lowest BCUT2D eigenvalue weighted by molar-refractivity contribution is -0.117. The minimum atomic E-state index is -3.35. The lowest BCUT2D eigenvalue weighted by Gasteiger charge is -2.27. The smallest absolute Gasteiger partial charge is 0.227 e. The molecule has 0 N–H and O–H groups in total. The van der Waals surface area contributed by atoms with Gasteiger partial charge in [-0.3, -0.25) is 4.79 Å². The standard InChI is InChI=1S/C29H29F2N5O4S/c1-16-28(17(2)40-33-16)18-3-8-25-24(13-18)32-29(36(25)20-11-12-34(15-20)41(38,39)21-5-6-21)26-9-10-27(37)35(26)19-4-7-22(30)23(31)14-19/h3-4,7-8,13-14,20-21,26H,5-6,9-12,15H2,1-2H3. The highest BCUT2D eigenvalue weighted by Crippen LogP contribution is 2.42. The Morgan fingerprint density at radius 3 is 2.51 bits per heavy atom. The molecular weight excluding hydrogens is 552 g/mol. The van der Waals surface area contributed by atoms with Crippen LogP contribution in [0, 0.1) is 25.5 Å². The summed E-state index contributed by atoms with van der Waals surface area (Å²) in [6, 6.07) is 8.61. The maximum absolute atomic E-state index is 14.2. The van der Waals surface area contributed by atoms with Crippen LogP contribution in [0.4, 0.5) is 14.5 Å². The van der Waals surface area contributed by atoms with Gasteiger partial charge in [0.1, 0.15) is 11.6 Å². The van der Waals surface area contributed by atoms with Crippen LogP contribution in [0.3, 0.4) is 0 Å². The normalized spacial score (nSPS) is 22.0. The molecule has 0 radical (unpaired) electrons. The number of hydrogen-bond donors (Lipinski definition) is 0. The number of benzene rings is 2. The van der Waals surface area contributed by atoms with Crippen molar-refractivity contribution in [3.63, 3.8) is 0 Å². The summed E-state index contributed by atoms with van der Waals surface area (Å²) in [6.45, 7) is 4.45. The molecule has 1 amide bonds. The molecule has 2 aromatic carbocycles. The van der Waals surface area contributed by atoms with E-state index in [9.17, 15) is 22.0 Å². The molecule has 2 aromatic heterocycles. The summed E-state index contributed by atoms with van der Waals surface area (Å²) in [5, 5.41) is 3.78. The average Bonchev–Trinajstić information content (AvgIpc) is 3.24. The fraction of sp³-hybridized carbons (Fsp3) is 0.414. The first-order chi connectivity index (χ1) is 19.6. The maximum Gasteiger partial charge on any atom is 0.227 e. The second-order valence-corrected chi connectivity index (χ2v) is 13.4. The zero-order valence-electron chi connectivity index (χ0n) is 22.7. The Morgan fingerprint density at radius 1 is 1.00 bits per heavy atom. The van der Waals surface area contributed by atoms with Crippen LogP contribution in [0.1, 0.15) is 61.5 Å². The van der Waals surface area contributed by atoms with E-state index in [1.54, 1.807) is 4.31 Å². The Labute approximate surface area is 235 Å². The van der Waals surface area contributed by atoms with Crippen LogP contribution in [-0.2, 0) is 14.8 Å². The Balaban J connectivity index is 1.36. The molecule has 214 valence electrons. The first-order valence-corrected chi connectivity index (χ1v) is 15.3. The summed E-state index contributed by atoms with van der Waals surface area (Å²) in [5.74, 6) is -0.944. The van der Waals surface area contributed by atoms with E-state index in [1.807, 2.05) is 32.0 Å². The molecular formula is C29H29F2N5O4S. The number of halogens is 2. The van der Waals surface area contributed by atoms with Crippen molar-refractivity contribution in [3.05, 3.63) is 65.3 Å². The largest absolute Gasteiger partial charge is 0.361 e. The average molecular weight is 582 g/mol. The molecule has 1 aliphatic carbocycles. The quantitative estimate of drug-likeness (QED) is 0.311. The van der Waals surface area contributed by atoms with E-state index in [0.29, 0.717) is 55.9 Å². The van der Waals surface area contributed by atoms with E-state index in [4.69, 9.17) is 9.51 Å². The van der Waals surface area contributed by atoms with Gasteiger partial charge in [0.2, 0.25) is 15.9 Å². The van der Waals surface area contributed by atoms with Gasteiger partial charge in [-0.25, -0.2) is 22.2 Å². The molecule has 41 heavy (non-hydrogen) atoms. The molecule has 7 rings (SSSR count). The van der Waals surface area contributed by atoms with E-state index in [-0.39, 0.29) is 29.3 Å². The lowest BCUT2D eigenvalue weighted by atomic mass is 10.0. The summed E-state index contributed by atoms with van der Waals surface area (Å²) < 4.78 is 63.1. The molecule has 0 spiro atoms. The minimum absolute atomic E-state index is 0.198. The van der Waals surface area contributed by atoms with Gasteiger partial charge in [0.25, 0.3) is 0 Å². The second-order valence-electron chi connectivity index (χ2n) is 11.2. The number of nitrogens with zero attached hydrogens (tertiary/aromatic N) is 5. The van der Waals surface area contributed by atoms with Crippen LogP contribution < -0.4 is 4.90 Å². The van der Waals surface area contributed by atoms with Crippen molar-refractivity contribution in [1.29, 1.82) is 0 Å². The van der Waals surface area contributed by atoms with E-state index in [1.165, 1.54) is 11.0 Å². The van der Waals surface area contributed by atoms with Crippen molar-refractivity contribution < 1.29 is 26.5 Å². The number of aromatic nitrogens is 3. The molecule has 3 aliphatic rings. The Hall–Kier alpha value is -3.64. The van der Waals surface area contributed by atoms with Gasteiger partial charge in [-0.05, 0) is 69.4 Å². The Kier molecular flexibility index (Phi) is 6.06. The van der Waals surface area contributed by atoms with Crippen molar-refractivity contribution in [1.82, 2.24) is 19.0 Å². The molecule has 9 nitrogen and oxygen atoms in total.